The van der Waals surface area contributed by atoms with Crippen LogP contribution in [-0.2, 0) is 16.1 Å². The van der Waals surface area contributed by atoms with Crippen LogP contribution in [0.25, 0.3) is 0 Å². The molecular formula is C15H19N3O4. The number of hydrogen-bond donors (Lipinski definition) is 3. The summed E-state index contributed by atoms with van der Waals surface area (Å²) in [4.78, 5) is 27.3. The number of benzene rings is 1. The van der Waals surface area contributed by atoms with Crippen molar-refractivity contribution in [1.29, 1.82) is 0 Å². The van der Waals surface area contributed by atoms with Crippen molar-refractivity contribution in [3.8, 4) is 0 Å². The summed E-state index contributed by atoms with van der Waals surface area (Å²) in [6.07, 6.45) is 0.957. The van der Waals surface area contributed by atoms with Gasteiger partial charge in [0, 0.05) is 12.5 Å². The van der Waals surface area contributed by atoms with Gasteiger partial charge in [0.05, 0.1) is 5.92 Å². The summed E-state index contributed by atoms with van der Waals surface area (Å²) >= 11 is 0. The first-order valence-electron chi connectivity index (χ1n) is 7.11. The van der Waals surface area contributed by atoms with Crippen molar-refractivity contribution in [2.24, 2.45) is 16.8 Å². The Morgan fingerprint density at radius 3 is 2.73 bits per heavy atom. The van der Waals surface area contributed by atoms with Crippen LogP contribution < -0.4 is 11.1 Å². The van der Waals surface area contributed by atoms with E-state index in [1.165, 1.54) is 0 Å². The molecule has 1 aromatic carbocycles. The van der Waals surface area contributed by atoms with E-state index in [0.29, 0.717) is 25.7 Å². The van der Waals surface area contributed by atoms with E-state index < -0.39 is 12.1 Å². The monoisotopic (exact) mass is 305 g/mol. The van der Waals surface area contributed by atoms with Crippen LogP contribution in [0.15, 0.2) is 35.5 Å². The lowest BCUT2D eigenvalue weighted by atomic mass is 10.1. The molecule has 1 amide bonds. The third kappa shape index (κ3) is 4.76. The highest BCUT2D eigenvalue weighted by Crippen LogP contribution is 2.26. The Kier molecular flexibility index (Phi) is 5.35. The van der Waals surface area contributed by atoms with E-state index in [9.17, 15) is 9.59 Å². The first kappa shape index (κ1) is 15.8. The minimum absolute atomic E-state index is 0.208. The second-order valence-corrected chi connectivity index (χ2v) is 5.31. The Morgan fingerprint density at radius 1 is 1.32 bits per heavy atom. The average Bonchev–Trinajstić information content (AvgIpc) is 2.93. The second-order valence-electron chi connectivity index (χ2n) is 5.31. The fourth-order valence-corrected chi connectivity index (χ4v) is 2.52. The summed E-state index contributed by atoms with van der Waals surface area (Å²) in [5, 5.41) is 14.7. The van der Waals surface area contributed by atoms with Crippen molar-refractivity contribution in [3.05, 3.63) is 35.9 Å². The number of oxime groups is 1. The third-order valence-corrected chi connectivity index (χ3v) is 3.57. The zero-order chi connectivity index (χ0) is 15.9. The molecule has 4 N–H and O–H groups in total. The van der Waals surface area contributed by atoms with Gasteiger partial charge in [-0.15, -0.1) is 0 Å². The van der Waals surface area contributed by atoms with Gasteiger partial charge in [0.1, 0.15) is 5.84 Å². The summed E-state index contributed by atoms with van der Waals surface area (Å²) in [6.45, 7) is 0. The summed E-state index contributed by atoms with van der Waals surface area (Å²) in [6, 6.07) is 9.29. The predicted octanol–water partition coefficient (Wildman–Crippen LogP) is 1.48. The van der Waals surface area contributed by atoms with E-state index in [4.69, 9.17) is 15.7 Å². The van der Waals surface area contributed by atoms with Crippen LogP contribution in [-0.4, -0.2) is 29.0 Å². The van der Waals surface area contributed by atoms with Gasteiger partial charge in [-0.1, -0.05) is 35.5 Å². The first-order chi connectivity index (χ1) is 10.5. The summed E-state index contributed by atoms with van der Waals surface area (Å²) < 4.78 is 0. The highest BCUT2D eigenvalue weighted by Gasteiger charge is 2.32. The zero-order valence-electron chi connectivity index (χ0n) is 12.1. The number of carboxylic acid groups (broad SMARTS) is 1. The summed E-state index contributed by atoms with van der Waals surface area (Å²) in [5.74, 6) is -0.589. The van der Waals surface area contributed by atoms with Crippen LogP contribution in [0.2, 0.25) is 0 Å². The molecule has 2 atom stereocenters. The largest absolute Gasteiger partial charge is 0.465 e. The zero-order valence-corrected chi connectivity index (χ0v) is 12.1. The molecule has 1 saturated carbocycles. The molecule has 1 aromatic rings. The lowest BCUT2D eigenvalue weighted by Gasteiger charge is -2.09. The summed E-state index contributed by atoms with van der Waals surface area (Å²) in [5.41, 5.74) is 6.71. The quantitative estimate of drug-likeness (QED) is 0.330. The molecule has 0 aliphatic heterocycles. The standard InChI is InChI=1S/C15H19N3O4/c16-13(8-10-4-2-1-3-5-10)18-22-14(19)11-6-7-12(9-11)17-15(20)21/h1-5,11-12,17H,6-9H2,(H2,16,18)(H,20,21)/t11-,12-/m0/s1. The second kappa shape index (κ2) is 7.44. The van der Waals surface area contributed by atoms with Gasteiger partial charge >= 0.3 is 12.1 Å². The van der Waals surface area contributed by atoms with Gasteiger partial charge in [-0.05, 0) is 24.8 Å². The van der Waals surface area contributed by atoms with Crippen LogP contribution in [0.4, 0.5) is 4.79 Å². The molecule has 0 bridgehead atoms. The van der Waals surface area contributed by atoms with Crippen LogP contribution in [0.1, 0.15) is 24.8 Å². The van der Waals surface area contributed by atoms with E-state index in [0.717, 1.165) is 5.56 Å². The molecule has 1 aliphatic rings. The number of hydrogen-bond acceptors (Lipinski definition) is 4. The lowest BCUT2D eigenvalue weighted by Crippen LogP contribution is -2.31. The van der Waals surface area contributed by atoms with E-state index in [-0.39, 0.29) is 17.8 Å². The van der Waals surface area contributed by atoms with Crippen LogP contribution in [0.5, 0.6) is 0 Å². The molecule has 2 rings (SSSR count). The van der Waals surface area contributed by atoms with Crippen molar-refractivity contribution in [2.45, 2.75) is 31.7 Å². The SMILES string of the molecule is N/C(Cc1ccccc1)=N\OC(=O)[C@H]1CC[C@H](NC(=O)O)C1. The van der Waals surface area contributed by atoms with E-state index >= 15 is 0 Å². The highest BCUT2D eigenvalue weighted by molar-refractivity contribution is 5.83. The number of nitrogens with one attached hydrogen (secondary N) is 1. The van der Waals surface area contributed by atoms with Gasteiger partial charge in [-0.25, -0.2) is 9.59 Å². The number of amidine groups is 1. The van der Waals surface area contributed by atoms with Gasteiger partial charge in [-0.2, -0.15) is 0 Å². The Labute approximate surface area is 128 Å². The molecule has 0 unspecified atom stereocenters. The van der Waals surface area contributed by atoms with Crippen molar-refractivity contribution in [1.82, 2.24) is 5.32 Å². The number of carbonyl (C=O) groups excluding carboxylic acids is 1. The molecule has 0 radical (unpaired) electrons. The normalized spacial score (nSPS) is 21.4. The molecule has 0 spiro atoms. The maximum absolute atomic E-state index is 11.9. The van der Waals surface area contributed by atoms with Crippen molar-refractivity contribution >= 4 is 17.9 Å². The molecule has 0 aromatic heterocycles. The minimum Gasteiger partial charge on any atom is -0.465 e. The Hall–Kier alpha value is -2.57. The predicted molar refractivity (Wildman–Crippen MR) is 80.1 cm³/mol. The van der Waals surface area contributed by atoms with Gasteiger partial charge in [0.2, 0.25) is 0 Å². The number of amides is 1. The van der Waals surface area contributed by atoms with E-state index in [1.54, 1.807) is 0 Å². The van der Waals surface area contributed by atoms with Crippen molar-refractivity contribution in [2.75, 3.05) is 0 Å². The number of carbonyl (C=O) groups is 2. The smallest absolute Gasteiger partial charge is 0.404 e. The van der Waals surface area contributed by atoms with E-state index in [2.05, 4.69) is 10.5 Å². The molecule has 0 heterocycles. The van der Waals surface area contributed by atoms with Crippen LogP contribution in [0.3, 0.4) is 0 Å². The molecule has 22 heavy (non-hydrogen) atoms. The number of rotatable bonds is 5. The van der Waals surface area contributed by atoms with Crippen molar-refractivity contribution in [3.63, 3.8) is 0 Å². The fourth-order valence-electron chi connectivity index (χ4n) is 2.52. The molecule has 7 nitrogen and oxygen atoms in total. The van der Waals surface area contributed by atoms with Crippen molar-refractivity contribution < 1.29 is 19.5 Å². The molecule has 7 heteroatoms. The highest BCUT2D eigenvalue weighted by atomic mass is 16.7. The molecule has 0 saturated heterocycles. The first-order valence-corrected chi connectivity index (χ1v) is 7.11. The average molecular weight is 305 g/mol. The topological polar surface area (TPSA) is 114 Å². The fraction of sp³-hybridized carbons (Fsp3) is 0.400. The summed E-state index contributed by atoms with van der Waals surface area (Å²) in [7, 11) is 0. The van der Waals surface area contributed by atoms with Gasteiger partial charge < -0.3 is 21.0 Å². The molecule has 1 fully saturated rings. The Balaban J connectivity index is 1.80. The molecule has 118 valence electrons. The Morgan fingerprint density at radius 2 is 2.05 bits per heavy atom. The molecule has 1 aliphatic carbocycles. The van der Waals surface area contributed by atoms with Crippen LogP contribution in [0, 0.1) is 5.92 Å². The van der Waals surface area contributed by atoms with E-state index in [1.807, 2.05) is 30.3 Å². The lowest BCUT2D eigenvalue weighted by molar-refractivity contribution is -0.148. The van der Waals surface area contributed by atoms with Gasteiger partial charge in [0.25, 0.3) is 0 Å². The maximum Gasteiger partial charge on any atom is 0.404 e. The minimum atomic E-state index is -1.08. The van der Waals surface area contributed by atoms with Gasteiger partial charge in [-0.3, -0.25) is 0 Å². The number of nitrogens with two attached hydrogens (primary N) is 1. The Bertz CT molecular complexity index is 559. The maximum atomic E-state index is 11.9. The van der Waals surface area contributed by atoms with Crippen LogP contribution >= 0.6 is 0 Å². The third-order valence-electron chi connectivity index (χ3n) is 3.57. The molecular weight excluding hydrogens is 286 g/mol. The van der Waals surface area contributed by atoms with Gasteiger partial charge in [0.15, 0.2) is 0 Å². The number of nitrogens with zero attached hydrogens (tertiary/aromatic N) is 1.